The Bertz CT molecular complexity index is 1030. The Balaban J connectivity index is 1.71. The van der Waals surface area contributed by atoms with E-state index in [1.807, 2.05) is 0 Å². The molecule has 0 spiro atoms. The van der Waals surface area contributed by atoms with Crippen molar-refractivity contribution < 1.29 is 4.92 Å². The van der Waals surface area contributed by atoms with Crippen molar-refractivity contribution in [1.82, 2.24) is 29.5 Å². The van der Waals surface area contributed by atoms with Crippen molar-refractivity contribution >= 4 is 23.2 Å². The van der Waals surface area contributed by atoms with Crippen molar-refractivity contribution in [3.63, 3.8) is 0 Å². The normalized spacial score (nSPS) is 11.0. The van der Waals surface area contributed by atoms with Crippen LogP contribution in [-0.2, 0) is 0 Å². The van der Waals surface area contributed by atoms with Crippen LogP contribution in [0.3, 0.4) is 0 Å². The quantitative estimate of drug-likeness (QED) is 0.449. The lowest BCUT2D eigenvalue weighted by Crippen LogP contribution is -1.94. The Morgan fingerprint density at radius 2 is 2.00 bits per heavy atom. The molecule has 4 aromatic heterocycles. The minimum absolute atomic E-state index is 0.106. The first-order chi connectivity index (χ1) is 11.7. The molecule has 4 aromatic rings. The SMILES string of the molecule is O=[N+]([O-])c1c(Sc2n[nH]c(-c3ccncc3)n2)nc2ccccn12. The molecule has 0 amide bonds. The molecule has 0 atom stereocenters. The first-order valence-corrected chi connectivity index (χ1v) is 7.66. The summed E-state index contributed by atoms with van der Waals surface area (Å²) in [5.41, 5.74) is 1.32. The zero-order chi connectivity index (χ0) is 16.5. The average molecular weight is 339 g/mol. The fraction of sp³-hybridized carbons (Fsp3) is 0. The highest BCUT2D eigenvalue weighted by Crippen LogP contribution is 2.33. The number of rotatable bonds is 4. The number of fused-ring (bicyclic) bond motifs is 1. The summed E-state index contributed by atoms with van der Waals surface area (Å²) in [6.07, 6.45) is 4.90. The van der Waals surface area contributed by atoms with Gasteiger partial charge in [-0.3, -0.25) is 10.1 Å². The van der Waals surface area contributed by atoms with Crippen LogP contribution >= 0.6 is 11.8 Å². The van der Waals surface area contributed by atoms with Crippen molar-refractivity contribution in [1.29, 1.82) is 0 Å². The summed E-state index contributed by atoms with van der Waals surface area (Å²) in [5.74, 6) is 0.456. The van der Waals surface area contributed by atoms with Crippen LogP contribution in [0.5, 0.6) is 0 Å². The van der Waals surface area contributed by atoms with E-state index >= 15 is 0 Å². The van der Waals surface area contributed by atoms with Gasteiger partial charge in [-0.2, -0.15) is 9.38 Å². The Morgan fingerprint density at radius 1 is 1.17 bits per heavy atom. The molecule has 1 N–H and O–H groups in total. The third kappa shape index (κ3) is 2.48. The summed E-state index contributed by atoms with van der Waals surface area (Å²) < 4.78 is 1.43. The maximum atomic E-state index is 11.4. The number of nitro groups is 1. The van der Waals surface area contributed by atoms with Gasteiger partial charge in [-0.25, -0.2) is 4.98 Å². The van der Waals surface area contributed by atoms with Crippen LogP contribution in [0, 0.1) is 10.1 Å². The van der Waals surface area contributed by atoms with E-state index in [-0.39, 0.29) is 10.8 Å². The number of aromatic nitrogens is 6. The van der Waals surface area contributed by atoms with Gasteiger partial charge < -0.3 is 10.1 Å². The molecule has 0 saturated heterocycles. The first kappa shape index (κ1) is 14.3. The van der Waals surface area contributed by atoms with E-state index in [9.17, 15) is 10.1 Å². The molecular weight excluding hydrogens is 330 g/mol. The minimum Gasteiger partial charge on any atom is -0.358 e. The van der Waals surface area contributed by atoms with Crippen molar-refractivity contribution in [3.05, 3.63) is 59.0 Å². The van der Waals surface area contributed by atoms with E-state index < -0.39 is 4.92 Å². The molecule has 0 aliphatic carbocycles. The number of H-pyrrole nitrogens is 1. The predicted molar refractivity (Wildman–Crippen MR) is 85.6 cm³/mol. The van der Waals surface area contributed by atoms with Crippen molar-refractivity contribution in [2.24, 2.45) is 0 Å². The van der Waals surface area contributed by atoms with Gasteiger partial charge in [0.2, 0.25) is 15.8 Å². The molecule has 0 unspecified atom stereocenters. The van der Waals surface area contributed by atoms with Gasteiger partial charge in [0.1, 0.15) is 0 Å². The van der Waals surface area contributed by atoms with Crippen LogP contribution in [0.15, 0.2) is 59.1 Å². The zero-order valence-corrected chi connectivity index (χ0v) is 12.8. The monoisotopic (exact) mass is 339 g/mol. The van der Waals surface area contributed by atoms with Crippen LogP contribution in [0.4, 0.5) is 5.82 Å². The molecule has 0 saturated carbocycles. The van der Waals surface area contributed by atoms with Crippen LogP contribution in [0.1, 0.15) is 0 Å². The number of nitrogens with zero attached hydrogens (tertiary/aromatic N) is 6. The molecular formula is C14H9N7O2S. The van der Waals surface area contributed by atoms with Crippen LogP contribution in [0.2, 0.25) is 0 Å². The number of imidazole rings is 1. The van der Waals surface area contributed by atoms with E-state index in [0.29, 0.717) is 16.6 Å². The van der Waals surface area contributed by atoms with Gasteiger partial charge in [0.15, 0.2) is 5.82 Å². The van der Waals surface area contributed by atoms with Gasteiger partial charge in [0, 0.05) is 24.0 Å². The number of aromatic amines is 1. The highest BCUT2D eigenvalue weighted by atomic mass is 32.2. The zero-order valence-electron chi connectivity index (χ0n) is 12.0. The lowest BCUT2D eigenvalue weighted by atomic mass is 10.3. The molecule has 0 fully saturated rings. The van der Waals surface area contributed by atoms with Gasteiger partial charge in [0.25, 0.3) is 0 Å². The van der Waals surface area contributed by atoms with Gasteiger partial charge >= 0.3 is 5.82 Å². The van der Waals surface area contributed by atoms with E-state index in [2.05, 4.69) is 25.1 Å². The minimum atomic E-state index is -0.460. The highest BCUT2D eigenvalue weighted by molar-refractivity contribution is 7.99. The smallest absolute Gasteiger partial charge is 0.358 e. The average Bonchev–Trinajstić information content (AvgIpc) is 3.20. The van der Waals surface area contributed by atoms with Gasteiger partial charge in [0.05, 0.1) is 6.20 Å². The molecule has 0 aliphatic heterocycles. The van der Waals surface area contributed by atoms with Gasteiger partial charge in [-0.1, -0.05) is 6.07 Å². The molecule has 0 bridgehead atoms. The Morgan fingerprint density at radius 3 is 2.79 bits per heavy atom. The standard InChI is InChI=1S/C14H9N7O2S/c22-21(23)13-12(16-10-3-1-2-8-20(10)13)24-14-17-11(18-19-14)9-4-6-15-7-5-9/h1-8H,(H,17,18,19). The predicted octanol–water partition coefficient (Wildman–Crippen LogP) is 2.57. The van der Waals surface area contributed by atoms with Crippen LogP contribution in [0.25, 0.3) is 17.0 Å². The molecule has 0 radical (unpaired) electrons. The Hall–Kier alpha value is -3.27. The number of hydrogen-bond acceptors (Lipinski definition) is 7. The highest BCUT2D eigenvalue weighted by Gasteiger charge is 2.24. The second-order valence-corrected chi connectivity index (χ2v) is 5.69. The van der Waals surface area contributed by atoms with Gasteiger partial charge in [-0.05, 0) is 34.9 Å². The third-order valence-electron chi connectivity index (χ3n) is 3.25. The summed E-state index contributed by atoms with van der Waals surface area (Å²) in [6, 6.07) is 8.78. The molecule has 118 valence electrons. The largest absolute Gasteiger partial charge is 0.362 e. The second kappa shape index (κ2) is 5.74. The second-order valence-electron chi connectivity index (χ2n) is 4.73. The summed E-state index contributed by atoms with van der Waals surface area (Å²) >= 11 is 1.04. The fourth-order valence-corrected chi connectivity index (χ4v) is 3.02. The number of nitrogens with one attached hydrogen (secondary N) is 1. The maximum Gasteiger partial charge on any atom is 0.362 e. The number of hydrogen-bond donors (Lipinski definition) is 1. The summed E-state index contributed by atoms with van der Waals surface area (Å²) in [6.45, 7) is 0. The lowest BCUT2D eigenvalue weighted by Gasteiger charge is -1.95. The van der Waals surface area contributed by atoms with Crippen molar-refractivity contribution in [2.75, 3.05) is 0 Å². The van der Waals surface area contributed by atoms with E-state index in [4.69, 9.17) is 0 Å². The maximum absolute atomic E-state index is 11.4. The lowest BCUT2D eigenvalue weighted by molar-refractivity contribution is -0.393. The molecule has 9 nitrogen and oxygen atoms in total. The molecule has 0 aromatic carbocycles. The Labute approximate surface area is 138 Å². The summed E-state index contributed by atoms with van der Waals surface area (Å²) in [5, 5.41) is 18.9. The topological polar surface area (TPSA) is 115 Å². The number of pyridine rings is 2. The van der Waals surface area contributed by atoms with Crippen molar-refractivity contribution in [3.8, 4) is 11.4 Å². The van der Waals surface area contributed by atoms with E-state index in [1.165, 1.54) is 4.40 Å². The van der Waals surface area contributed by atoms with Crippen LogP contribution < -0.4 is 0 Å². The molecule has 4 heterocycles. The first-order valence-electron chi connectivity index (χ1n) is 6.84. The Kier molecular flexibility index (Phi) is 3.43. The molecule has 0 aliphatic rings. The van der Waals surface area contributed by atoms with E-state index in [1.54, 1.807) is 48.9 Å². The van der Waals surface area contributed by atoms with E-state index in [0.717, 1.165) is 17.3 Å². The molecule has 10 heteroatoms. The fourth-order valence-electron chi connectivity index (χ4n) is 2.21. The van der Waals surface area contributed by atoms with Crippen molar-refractivity contribution in [2.45, 2.75) is 10.2 Å². The molecule has 4 rings (SSSR count). The summed E-state index contributed by atoms with van der Waals surface area (Å²) in [7, 11) is 0. The molecule has 24 heavy (non-hydrogen) atoms. The third-order valence-corrected chi connectivity index (χ3v) is 4.09. The summed E-state index contributed by atoms with van der Waals surface area (Å²) in [4.78, 5) is 23.5. The van der Waals surface area contributed by atoms with Crippen LogP contribution in [-0.4, -0.2) is 34.5 Å². The van der Waals surface area contributed by atoms with Gasteiger partial charge in [-0.15, -0.1) is 5.10 Å².